The molecule has 0 aromatic carbocycles. The van der Waals surface area contributed by atoms with Gasteiger partial charge in [-0.25, -0.2) is 13.8 Å². The number of nitrogens with one attached hydrogen (secondary N) is 3. The molecular weight excluding hydrogens is 280 g/mol. The topological polar surface area (TPSA) is 82.7 Å². The number of carbonyl (C=O) groups excluding carboxylic acids is 1. The maximum atomic E-state index is 13.8. The van der Waals surface area contributed by atoms with E-state index in [-0.39, 0.29) is 13.1 Å². The van der Waals surface area contributed by atoms with Crippen molar-refractivity contribution < 1.29 is 13.6 Å². The number of carbonyl (C=O) groups is 1. The summed E-state index contributed by atoms with van der Waals surface area (Å²) in [5, 5.41) is 12.9. The highest BCUT2D eigenvalue weighted by molar-refractivity contribution is 6.00. The third-order valence-corrected chi connectivity index (χ3v) is 4.56. The Hall–Kier alpha value is -2.09. The predicted molar refractivity (Wildman–Crippen MR) is 71.0 cm³/mol. The molecule has 110 valence electrons. The number of aromatic nitrogens is 3. The van der Waals surface area contributed by atoms with E-state index in [1.54, 1.807) is 6.07 Å². The zero-order valence-electron chi connectivity index (χ0n) is 11.2. The molecule has 4 rings (SSSR count). The summed E-state index contributed by atoms with van der Waals surface area (Å²) >= 11 is 0. The van der Waals surface area contributed by atoms with E-state index in [1.807, 2.05) is 6.92 Å². The first-order valence-electron chi connectivity index (χ1n) is 6.67. The average molecular weight is 293 g/mol. The number of alkyl halides is 2. The van der Waals surface area contributed by atoms with Crippen LogP contribution in [0.5, 0.6) is 0 Å². The fourth-order valence-corrected chi connectivity index (χ4v) is 3.21. The van der Waals surface area contributed by atoms with Gasteiger partial charge in [0, 0.05) is 24.2 Å². The first-order valence-corrected chi connectivity index (χ1v) is 6.67. The molecule has 6 nitrogen and oxygen atoms in total. The van der Waals surface area contributed by atoms with E-state index >= 15 is 0 Å². The maximum Gasteiger partial charge on any atom is 0.269 e. The van der Waals surface area contributed by atoms with Crippen LogP contribution in [0.1, 0.15) is 5.69 Å². The quantitative estimate of drug-likeness (QED) is 0.773. The van der Waals surface area contributed by atoms with Gasteiger partial charge in [-0.15, -0.1) is 0 Å². The highest BCUT2D eigenvalue weighted by atomic mass is 19.3. The van der Waals surface area contributed by atoms with Crippen LogP contribution in [0.2, 0.25) is 0 Å². The standard InChI is InChI=1S/C13H13F2N5O/c1-6-8-2-7(3-17-10(8)20-19-6)18-11(21)12-5-16-4-9(12)13(12,14)15/h2-3,9,16H,4-5H2,1H3,(H,18,21)(H,17,19,20). The van der Waals surface area contributed by atoms with Crippen LogP contribution in [-0.4, -0.2) is 40.1 Å². The van der Waals surface area contributed by atoms with Crippen LogP contribution in [0.3, 0.4) is 0 Å². The molecule has 2 atom stereocenters. The van der Waals surface area contributed by atoms with E-state index in [2.05, 4.69) is 25.8 Å². The molecule has 2 aromatic rings. The van der Waals surface area contributed by atoms with Gasteiger partial charge in [-0.1, -0.05) is 0 Å². The van der Waals surface area contributed by atoms with Crippen LogP contribution in [0, 0.1) is 18.3 Å². The molecule has 2 fully saturated rings. The van der Waals surface area contributed by atoms with Crippen LogP contribution in [0.4, 0.5) is 14.5 Å². The second-order valence-corrected chi connectivity index (χ2v) is 5.68. The molecule has 1 amide bonds. The fourth-order valence-electron chi connectivity index (χ4n) is 3.21. The van der Waals surface area contributed by atoms with Crippen molar-refractivity contribution in [2.24, 2.45) is 11.3 Å². The summed E-state index contributed by atoms with van der Waals surface area (Å²) in [6, 6.07) is 1.69. The molecule has 2 unspecified atom stereocenters. The molecule has 0 spiro atoms. The smallest absolute Gasteiger partial charge is 0.269 e. The van der Waals surface area contributed by atoms with Crippen LogP contribution in [0.25, 0.3) is 11.0 Å². The summed E-state index contributed by atoms with van der Waals surface area (Å²) < 4.78 is 27.6. The Morgan fingerprint density at radius 1 is 1.52 bits per heavy atom. The molecule has 21 heavy (non-hydrogen) atoms. The van der Waals surface area contributed by atoms with Gasteiger partial charge in [-0.3, -0.25) is 9.89 Å². The molecule has 8 heteroatoms. The number of aryl methyl sites for hydroxylation is 1. The van der Waals surface area contributed by atoms with Gasteiger partial charge < -0.3 is 10.6 Å². The number of nitrogens with zero attached hydrogens (tertiary/aromatic N) is 2. The van der Waals surface area contributed by atoms with Crippen LogP contribution >= 0.6 is 0 Å². The Morgan fingerprint density at radius 3 is 3.05 bits per heavy atom. The van der Waals surface area contributed by atoms with Crippen molar-refractivity contribution in [3.63, 3.8) is 0 Å². The number of amides is 1. The minimum absolute atomic E-state index is 0.0108. The molecule has 3 heterocycles. The molecule has 3 N–H and O–H groups in total. The number of piperidine rings is 1. The lowest BCUT2D eigenvalue weighted by molar-refractivity contribution is -0.124. The third-order valence-electron chi connectivity index (χ3n) is 4.56. The van der Waals surface area contributed by atoms with Crippen molar-refractivity contribution in [3.8, 4) is 0 Å². The summed E-state index contributed by atoms with van der Waals surface area (Å²) in [5.74, 6) is -4.48. The normalized spacial score (nSPS) is 29.4. The Bertz CT molecular complexity index is 758. The summed E-state index contributed by atoms with van der Waals surface area (Å²) in [5.41, 5.74) is 0.136. The highest BCUT2D eigenvalue weighted by Crippen LogP contribution is 2.68. The van der Waals surface area contributed by atoms with Gasteiger partial charge in [0.1, 0.15) is 5.41 Å². The van der Waals surface area contributed by atoms with Crippen LogP contribution in [-0.2, 0) is 4.79 Å². The Balaban J connectivity index is 1.63. The lowest BCUT2D eigenvalue weighted by Crippen LogP contribution is -2.35. The number of rotatable bonds is 2. The molecule has 1 saturated heterocycles. The molecule has 0 bridgehead atoms. The first-order chi connectivity index (χ1) is 9.97. The molecule has 1 aliphatic carbocycles. The van der Waals surface area contributed by atoms with E-state index in [0.29, 0.717) is 11.3 Å². The Labute approximate surface area is 118 Å². The van der Waals surface area contributed by atoms with Crippen molar-refractivity contribution in [1.82, 2.24) is 20.5 Å². The van der Waals surface area contributed by atoms with Crippen molar-refractivity contribution in [2.45, 2.75) is 12.8 Å². The van der Waals surface area contributed by atoms with Gasteiger partial charge in [-0.05, 0) is 13.0 Å². The van der Waals surface area contributed by atoms with Crippen molar-refractivity contribution in [2.75, 3.05) is 18.4 Å². The number of H-pyrrole nitrogens is 1. The number of aromatic amines is 1. The summed E-state index contributed by atoms with van der Waals surface area (Å²) in [7, 11) is 0. The fraction of sp³-hybridized carbons (Fsp3) is 0.462. The van der Waals surface area contributed by atoms with Gasteiger partial charge in [0.15, 0.2) is 5.65 Å². The monoisotopic (exact) mass is 293 g/mol. The Kier molecular flexibility index (Phi) is 2.26. The number of hydrogen-bond acceptors (Lipinski definition) is 4. The van der Waals surface area contributed by atoms with E-state index in [4.69, 9.17) is 0 Å². The zero-order valence-corrected chi connectivity index (χ0v) is 11.2. The van der Waals surface area contributed by atoms with Gasteiger partial charge in [0.25, 0.3) is 5.92 Å². The molecular formula is C13H13F2N5O. The molecule has 1 aliphatic heterocycles. The van der Waals surface area contributed by atoms with Crippen LogP contribution < -0.4 is 10.6 Å². The second kappa shape index (κ2) is 3.76. The number of pyridine rings is 1. The minimum Gasteiger partial charge on any atom is -0.324 e. The number of halogens is 2. The first kappa shape index (κ1) is 12.6. The minimum atomic E-state index is -2.93. The molecule has 2 aliphatic rings. The van der Waals surface area contributed by atoms with Crippen molar-refractivity contribution in [1.29, 1.82) is 0 Å². The number of hydrogen-bond donors (Lipinski definition) is 3. The summed E-state index contributed by atoms with van der Waals surface area (Å²) in [6.45, 7) is 2.02. The van der Waals surface area contributed by atoms with Gasteiger partial charge in [0.05, 0.1) is 17.8 Å². The van der Waals surface area contributed by atoms with Gasteiger partial charge in [-0.2, -0.15) is 5.10 Å². The third kappa shape index (κ3) is 1.45. The van der Waals surface area contributed by atoms with Crippen molar-refractivity contribution >= 4 is 22.6 Å². The lowest BCUT2D eigenvalue weighted by Gasteiger charge is -2.14. The van der Waals surface area contributed by atoms with E-state index < -0.39 is 23.2 Å². The summed E-state index contributed by atoms with van der Waals surface area (Å²) in [6.07, 6.45) is 1.43. The van der Waals surface area contributed by atoms with E-state index in [1.165, 1.54) is 6.20 Å². The maximum absolute atomic E-state index is 13.8. The SMILES string of the molecule is Cc1[nH]nc2ncc(NC(=O)C34CNCC3C4(F)F)cc12. The van der Waals surface area contributed by atoms with Gasteiger partial charge >= 0.3 is 0 Å². The molecule has 0 radical (unpaired) electrons. The lowest BCUT2D eigenvalue weighted by atomic mass is 10.0. The average Bonchev–Trinajstić information content (AvgIpc) is 2.87. The van der Waals surface area contributed by atoms with Gasteiger partial charge in [0.2, 0.25) is 5.91 Å². The predicted octanol–water partition coefficient (Wildman–Crippen LogP) is 1.06. The number of fused-ring (bicyclic) bond motifs is 2. The Morgan fingerprint density at radius 2 is 2.33 bits per heavy atom. The van der Waals surface area contributed by atoms with E-state index in [9.17, 15) is 13.6 Å². The zero-order chi connectivity index (χ0) is 14.8. The summed E-state index contributed by atoms with van der Waals surface area (Å²) in [4.78, 5) is 16.4. The largest absolute Gasteiger partial charge is 0.324 e. The molecule has 2 aromatic heterocycles. The molecule has 1 saturated carbocycles. The second-order valence-electron chi connectivity index (χ2n) is 5.68. The van der Waals surface area contributed by atoms with Crippen LogP contribution in [0.15, 0.2) is 12.3 Å². The van der Waals surface area contributed by atoms with E-state index in [0.717, 1.165) is 11.1 Å². The number of anilines is 1. The highest BCUT2D eigenvalue weighted by Gasteiger charge is 2.86. The van der Waals surface area contributed by atoms with Crippen molar-refractivity contribution in [3.05, 3.63) is 18.0 Å².